The number of fused-ring (bicyclic) bond motifs is 1. The third kappa shape index (κ3) is 7.69. The van der Waals surface area contributed by atoms with Crippen molar-refractivity contribution in [2.45, 2.75) is 70.1 Å². The van der Waals surface area contributed by atoms with Gasteiger partial charge in [-0.1, -0.05) is 17.8 Å². The lowest BCUT2D eigenvalue weighted by Crippen LogP contribution is -2.48. The Kier molecular flexibility index (Phi) is 10.4. The fraction of sp³-hybridized carbons (Fsp3) is 0.676. The van der Waals surface area contributed by atoms with Crippen LogP contribution in [0.5, 0.6) is 5.75 Å². The Morgan fingerprint density at radius 1 is 1.11 bits per heavy atom. The van der Waals surface area contributed by atoms with Crippen molar-refractivity contribution in [1.82, 2.24) is 25.0 Å². The zero-order chi connectivity index (χ0) is 31.4. The van der Waals surface area contributed by atoms with Crippen LogP contribution in [0, 0.1) is 6.92 Å². The van der Waals surface area contributed by atoms with E-state index in [1.165, 1.54) is 12.8 Å². The predicted molar refractivity (Wildman–Crippen MR) is 184 cm³/mol. The highest BCUT2D eigenvalue weighted by Crippen LogP contribution is 2.39. The number of carbonyl (C=O) groups excluding carboxylic acids is 1. The van der Waals surface area contributed by atoms with Gasteiger partial charge in [0.25, 0.3) is 0 Å². The minimum atomic E-state index is -0.589. The van der Waals surface area contributed by atoms with E-state index in [1.54, 1.807) is 7.11 Å². The fourth-order valence-electron chi connectivity index (χ4n) is 7.43. The second-order valence-corrected chi connectivity index (χ2v) is 14.5. The van der Waals surface area contributed by atoms with Crippen molar-refractivity contribution in [3.63, 3.8) is 0 Å². The number of amidine groups is 1. The Morgan fingerprint density at radius 3 is 2.69 bits per heavy atom. The number of carbonyl (C=O) groups is 1. The van der Waals surface area contributed by atoms with Crippen LogP contribution in [-0.2, 0) is 4.79 Å². The molecule has 0 radical (unpaired) electrons. The van der Waals surface area contributed by atoms with Crippen LogP contribution in [0.25, 0.3) is 10.9 Å². The molecule has 1 aromatic heterocycles. The van der Waals surface area contributed by atoms with Crippen molar-refractivity contribution < 1.29 is 14.6 Å². The molecule has 10 nitrogen and oxygen atoms in total. The smallest absolute Gasteiger partial charge is 0.221 e. The maximum absolute atomic E-state index is 13.4. The number of aliphatic hydroxyl groups is 1. The van der Waals surface area contributed by atoms with Crippen molar-refractivity contribution in [2.24, 2.45) is 4.99 Å². The number of aromatic nitrogens is 1. The van der Waals surface area contributed by atoms with Crippen molar-refractivity contribution >= 4 is 39.4 Å². The number of benzene rings is 1. The summed E-state index contributed by atoms with van der Waals surface area (Å²) >= 11 is 1.82. The van der Waals surface area contributed by atoms with Gasteiger partial charge in [-0.3, -0.25) is 19.7 Å². The monoisotopic (exact) mass is 637 g/mol. The molecule has 2 unspecified atom stereocenters. The zero-order valence-corrected chi connectivity index (χ0v) is 28.2. The lowest BCUT2D eigenvalue weighted by atomic mass is 9.94. The van der Waals surface area contributed by atoms with E-state index in [9.17, 15) is 9.90 Å². The molecule has 3 saturated heterocycles. The molecule has 3 fully saturated rings. The van der Waals surface area contributed by atoms with E-state index in [1.807, 2.05) is 30.9 Å². The van der Waals surface area contributed by atoms with Gasteiger partial charge in [-0.05, 0) is 76.7 Å². The zero-order valence-electron chi connectivity index (χ0n) is 27.3. The number of nitrogens with one attached hydrogen (secondary N) is 1. The highest BCUT2D eigenvalue weighted by Gasteiger charge is 2.37. The Labute approximate surface area is 272 Å². The van der Waals surface area contributed by atoms with Crippen molar-refractivity contribution in [3.8, 4) is 5.75 Å². The first-order valence-electron chi connectivity index (χ1n) is 16.9. The van der Waals surface area contributed by atoms with E-state index < -0.39 is 5.60 Å². The number of nitrogens with zero attached hydrogens (tertiary/aromatic N) is 6. The summed E-state index contributed by atoms with van der Waals surface area (Å²) in [7, 11) is 1.75. The van der Waals surface area contributed by atoms with E-state index >= 15 is 0 Å². The summed E-state index contributed by atoms with van der Waals surface area (Å²) in [5, 5.41) is 15.9. The van der Waals surface area contributed by atoms with Gasteiger partial charge in [0.05, 0.1) is 24.3 Å². The maximum Gasteiger partial charge on any atom is 0.221 e. The molecule has 6 rings (SSSR count). The van der Waals surface area contributed by atoms with Crippen LogP contribution < -0.4 is 15.0 Å². The van der Waals surface area contributed by atoms with Crippen molar-refractivity contribution in [2.75, 3.05) is 83.2 Å². The molecule has 0 saturated carbocycles. The maximum atomic E-state index is 13.4. The molecular weight excluding hydrogens is 586 g/mol. The third-order valence-corrected chi connectivity index (χ3v) is 11.2. The molecule has 0 bridgehead atoms. The Hall–Kier alpha value is -2.60. The van der Waals surface area contributed by atoms with E-state index in [-0.39, 0.29) is 18.0 Å². The first-order chi connectivity index (χ1) is 21.8. The van der Waals surface area contributed by atoms with Crippen molar-refractivity contribution in [3.05, 3.63) is 30.0 Å². The highest BCUT2D eigenvalue weighted by molar-refractivity contribution is 8.14. The summed E-state index contributed by atoms with van der Waals surface area (Å²) in [6.45, 7) is 13.1. The van der Waals surface area contributed by atoms with Gasteiger partial charge < -0.3 is 29.9 Å². The first kappa shape index (κ1) is 32.3. The minimum absolute atomic E-state index is 0.0314. The Morgan fingerprint density at radius 2 is 1.91 bits per heavy atom. The van der Waals surface area contributed by atoms with Crippen LogP contribution in [0.2, 0.25) is 0 Å². The number of hydrogen-bond donors (Lipinski definition) is 2. The quantitative estimate of drug-likeness (QED) is 0.429. The molecule has 11 heteroatoms. The topological polar surface area (TPSA) is 96.8 Å². The highest BCUT2D eigenvalue weighted by atomic mass is 32.2. The van der Waals surface area contributed by atoms with E-state index in [4.69, 9.17) is 14.7 Å². The second-order valence-electron chi connectivity index (χ2n) is 13.5. The number of aryl methyl sites for hydroxylation is 1. The number of piperidine rings is 1. The lowest BCUT2D eigenvalue weighted by Gasteiger charge is -2.36. The molecule has 2 N–H and O–H groups in total. The average molecular weight is 638 g/mol. The molecule has 2 aromatic rings. The summed E-state index contributed by atoms with van der Waals surface area (Å²) < 4.78 is 5.95. The van der Waals surface area contributed by atoms with Crippen molar-refractivity contribution in [1.29, 1.82) is 0 Å². The average Bonchev–Trinajstić information content (AvgIpc) is 3.67. The van der Waals surface area contributed by atoms with Gasteiger partial charge in [-0.25, -0.2) is 0 Å². The summed E-state index contributed by atoms with van der Waals surface area (Å²) in [6, 6.07) is 6.36. The number of thioether (sulfide) groups is 1. The number of pyridine rings is 1. The Bertz CT molecular complexity index is 1350. The van der Waals surface area contributed by atoms with Crippen LogP contribution in [-0.4, -0.2) is 132 Å². The van der Waals surface area contributed by atoms with E-state index in [2.05, 4.69) is 44.0 Å². The molecule has 5 heterocycles. The van der Waals surface area contributed by atoms with Gasteiger partial charge in [-0.15, -0.1) is 0 Å². The summed E-state index contributed by atoms with van der Waals surface area (Å²) in [5.41, 5.74) is 2.57. The Balaban J connectivity index is 1.18. The third-order valence-electron chi connectivity index (χ3n) is 10.1. The van der Waals surface area contributed by atoms with Crippen LogP contribution >= 0.6 is 11.8 Å². The molecule has 2 atom stereocenters. The predicted octanol–water partition coefficient (Wildman–Crippen LogP) is 3.35. The number of ether oxygens (including phenoxy) is 1. The molecule has 4 aliphatic heterocycles. The van der Waals surface area contributed by atoms with Gasteiger partial charge in [0.2, 0.25) is 5.91 Å². The van der Waals surface area contributed by atoms with Crippen LogP contribution in [0.3, 0.4) is 0 Å². The van der Waals surface area contributed by atoms with Gasteiger partial charge in [-0.2, -0.15) is 0 Å². The summed E-state index contributed by atoms with van der Waals surface area (Å²) in [6.07, 6.45) is 7.33. The van der Waals surface area contributed by atoms with E-state index in [0.717, 1.165) is 117 Å². The van der Waals surface area contributed by atoms with Gasteiger partial charge >= 0.3 is 0 Å². The van der Waals surface area contributed by atoms with Crippen LogP contribution in [0.1, 0.15) is 51.0 Å². The molecule has 0 aliphatic carbocycles. The normalized spacial score (nSPS) is 23.6. The van der Waals surface area contributed by atoms with Gasteiger partial charge in [0.1, 0.15) is 11.4 Å². The molecule has 1 amide bonds. The number of aliphatic imine (C=N–C) groups is 1. The minimum Gasteiger partial charge on any atom is -0.494 e. The summed E-state index contributed by atoms with van der Waals surface area (Å²) in [4.78, 5) is 33.2. The number of methoxy groups -OCH3 is 1. The number of anilines is 1. The van der Waals surface area contributed by atoms with Crippen LogP contribution in [0.15, 0.2) is 29.4 Å². The number of hydrogen-bond acceptors (Lipinski definition) is 10. The molecule has 45 heavy (non-hydrogen) atoms. The van der Waals surface area contributed by atoms with Gasteiger partial charge in [0, 0.05) is 82.2 Å². The molecule has 4 aliphatic rings. The number of amides is 1. The number of likely N-dealkylation sites (tertiary alicyclic amines) is 2. The standard InChI is InChI=1S/C34H51N7O3S/c1-25-22-26-8-6-11-36-30(26)31(32(25)44-3)40-16-7-15-39(20-21-40)28(23-29(42)35-12-19-38-13-4-5-14-38)27-24-45-33(37-27)41-17-9-34(2,43)10-18-41/h6,8,11,22,27-28,43H,4-5,7,9-10,12-21,23-24H2,1-3H3,(H,35,42). The fourth-order valence-corrected chi connectivity index (χ4v) is 8.62. The largest absolute Gasteiger partial charge is 0.494 e. The first-order valence-corrected chi connectivity index (χ1v) is 17.9. The molecular formula is C34H51N7O3S. The lowest BCUT2D eigenvalue weighted by molar-refractivity contribution is -0.122. The van der Waals surface area contributed by atoms with Crippen LogP contribution in [0.4, 0.5) is 5.69 Å². The van der Waals surface area contributed by atoms with Gasteiger partial charge in [0.15, 0.2) is 5.17 Å². The second kappa shape index (κ2) is 14.4. The number of rotatable bonds is 9. The summed E-state index contributed by atoms with van der Waals surface area (Å²) in [5.74, 6) is 1.90. The van der Waals surface area contributed by atoms with E-state index in [0.29, 0.717) is 13.0 Å². The SMILES string of the molecule is COc1c(C)cc2cccnc2c1N1CCCN(C(CC(=O)NCCN2CCCC2)C2CSC(N3CCC(C)(O)CC3)=N2)CC1. The molecule has 0 spiro atoms. The molecule has 246 valence electrons. The molecule has 1 aromatic carbocycles.